The number of aromatic nitrogens is 4. The first-order chi connectivity index (χ1) is 8.61. The maximum atomic E-state index is 13.1. The van der Waals surface area contributed by atoms with Gasteiger partial charge in [0.25, 0.3) is 0 Å². The Morgan fingerprint density at radius 2 is 2.22 bits per heavy atom. The Morgan fingerprint density at radius 3 is 2.94 bits per heavy atom. The standard InChI is InChI=1S/C12H10BrFN4/c1-17-6-8(12(13)16-17)4-10-7-18-3-2-9(14)5-11(18)15-10/h2-3,5-7H,4H2,1H3. The van der Waals surface area contributed by atoms with E-state index in [0.717, 1.165) is 15.9 Å². The molecule has 0 saturated carbocycles. The Balaban J connectivity index is 1.97. The predicted octanol–water partition coefficient (Wildman–Crippen LogP) is 2.56. The fourth-order valence-electron chi connectivity index (χ4n) is 1.92. The molecular formula is C12H10BrFN4. The summed E-state index contributed by atoms with van der Waals surface area (Å²) in [5, 5.41) is 4.21. The minimum Gasteiger partial charge on any atom is -0.307 e. The molecule has 0 aliphatic carbocycles. The van der Waals surface area contributed by atoms with Crippen LogP contribution in [0.25, 0.3) is 5.65 Å². The van der Waals surface area contributed by atoms with Gasteiger partial charge in [0.15, 0.2) is 0 Å². The number of hydrogen-bond acceptors (Lipinski definition) is 2. The minimum atomic E-state index is -0.276. The first kappa shape index (κ1) is 11.4. The number of halogens is 2. The molecule has 0 spiro atoms. The van der Waals surface area contributed by atoms with Crippen molar-refractivity contribution in [1.29, 1.82) is 0 Å². The summed E-state index contributed by atoms with van der Waals surface area (Å²) < 4.78 is 17.4. The third-order valence-corrected chi connectivity index (χ3v) is 3.36. The predicted molar refractivity (Wildman–Crippen MR) is 68.9 cm³/mol. The van der Waals surface area contributed by atoms with Gasteiger partial charge in [-0.2, -0.15) is 5.10 Å². The van der Waals surface area contributed by atoms with Gasteiger partial charge in [-0.05, 0) is 22.0 Å². The summed E-state index contributed by atoms with van der Waals surface area (Å²) in [6.07, 6.45) is 6.17. The Kier molecular flexibility index (Phi) is 2.66. The van der Waals surface area contributed by atoms with Crippen molar-refractivity contribution in [3.8, 4) is 0 Å². The number of rotatable bonds is 2. The van der Waals surface area contributed by atoms with Crippen LogP contribution in [0.2, 0.25) is 0 Å². The molecule has 0 aliphatic heterocycles. The fourth-order valence-corrected chi connectivity index (χ4v) is 2.41. The van der Waals surface area contributed by atoms with E-state index < -0.39 is 0 Å². The molecular weight excluding hydrogens is 299 g/mol. The van der Waals surface area contributed by atoms with Crippen molar-refractivity contribution in [2.45, 2.75) is 6.42 Å². The molecule has 3 aromatic rings. The summed E-state index contributed by atoms with van der Waals surface area (Å²) in [4.78, 5) is 4.38. The molecule has 0 radical (unpaired) electrons. The highest BCUT2D eigenvalue weighted by Crippen LogP contribution is 2.18. The zero-order valence-corrected chi connectivity index (χ0v) is 11.2. The summed E-state index contributed by atoms with van der Waals surface area (Å²) in [5.41, 5.74) is 2.56. The van der Waals surface area contributed by atoms with Crippen molar-refractivity contribution in [2.24, 2.45) is 7.05 Å². The Bertz CT molecular complexity index is 716. The third kappa shape index (κ3) is 2.03. The van der Waals surface area contributed by atoms with E-state index in [1.54, 1.807) is 10.9 Å². The van der Waals surface area contributed by atoms with Gasteiger partial charge in [-0.3, -0.25) is 4.68 Å². The van der Waals surface area contributed by atoms with Crippen LogP contribution in [0.3, 0.4) is 0 Å². The SMILES string of the molecule is Cn1cc(Cc2cn3ccc(F)cc3n2)c(Br)n1. The first-order valence-electron chi connectivity index (χ1n) is 5.43. The van der Waals surface area contributed by atoms with Crippen molar-refractivity contribution in [3.05, 3.63) is 52.4 Å². The van der Waals surface area contributed by atoms with Gasteiger partial charge in [0.2, 0.25) is 0 Å². The molecule has 18 heavy (non-hydrogen) atoms. The van der Waals surface area contributed by atoms with Crippen molar-refractivity contribution < 1.29 is 4.39 Å². The highest BCUT2D eigenvalue weighted by Gasteiger charge is 2.09. The van der Waals surface area contributed by atoms with E-state index in [4.69, 9.17) is 0 Å². The molecule has 0 aliphatic rings. The largest absolute Gasteiger partial charge is 0.307 e. The van der Waals surface area contributed by atoms with Crippen LogP contribution in [0.4, 0.5) is 4.39 Å². The maximum Gasteiger partial charge on any atom is 0.139 e. The van der Waals surface area contributed by atoms with E-state index in [1.807, 2.05) is 23.8 Å². The second-order valence-corrected chi connectivity index (χ2v) is 4.89. The summed E-state index contributed by atoms with van der Waals surface area (Å²) >= 11 is 3.40. The number of hydrogen-bond donors (Lipinski definition) is 0. The Labute approximate surface area is 111 Å². The topological polar surface area (TPSA) is 35.1 Å². The van der Waals surface area contributed by atoms with Gasteiger partial charge in [0, 0.05) is 43.7 Å². The smallest absolute Gasteiger partial charge is 0.139 e. The molecule has 3 rings (SSSR count). The van der Waals surface area contributed by atoms with E-state index in [0.29, 0.717) is 12.1 Å². The van der Waals surface area contributed by atoms with Crippen LogP contribution in [0.15, 0.2) is 35.3 Å². The van der Waals surface area contributed by atoms with Crippen LogP contribution in [0.1, 0.15) is 11.3 Å². The van der Waals surface area contributed by atoms with Crippen LogP contribution in [-0.2, 0) is 13.5 Å². The van der Waals surface area contributed by atoms with E-state index in [-0.39, 0.29) is 5.82 Å². The normalized spacial score (nSPS) is 11.3. The molecule has 0 unspecified atom stereocenters. The highest BCUT2D eigenvalue weighted by atomic mass is 79.9. The van der Waals surface area contributed by atoms with Crippen molar-refractivity contribution in [2.75, 3.05) is 0 Å². The molecule has 0 fully saturated rings. The van der Waals surface area contributed by atoms with Crippen molar-refractivity contribution in [3.63, 3.8) is 0 Å². The molecule has 0 bridgehead atoms. The van der Waals surface area contributed by atoms with Gasteiger partial charge in [0.1, 0.15) is 16.1 Å². The summed E-state index contributed by atoms with van der Waals surface area (Å²) in [6, 6.07) is 2.83. The van der Waals surface area contributed by atoms with Crippen molar-refractivity contribution in [1.82, 2.24) is 19.2 Å². The molecule has 6 heteroatoms. The van der Waals surface area contributed by atoms with Gasteiger partial charge in [-0.1, -0.05) is 0 Å². The van der Waals surface area contributed by atoms with Crippen LogP contribution in [0, 0.1) is 5.82 Å². The quantitative estimate of drug-likeness (QED) is 0.729. The zero-order chi connectivity index (χ0) is 12.7. The highest BCUT2D eigenvalue weighted by molar-refractivity contribution is 9.10. The molecule has 0 N–H and O–H groups in total. The van der Waals surface area contributed by atoms with E-state index >= 15 is 0 Å². The number of nitrogens with zero attached hydrogens (tertiary/aromatic N) is 4. The lowest BCUT2D eigenvalue weighted by atomic mass is 10.2. The monoisotopic (exact) mass is 308 g/mol. The van der Waals surface area contributed by atoms with Crippen LogP contribution < -0.4 is 0 Å². The fraction of sp³-hybridized carbons (Fsp3) is 0.167. The molecule has 92 valence electrons. The minimum absolute atomic E-state index is 0.276. The van der Waals surface area contributed by atoms with E-state index in [9.17, 15) is 4.39 Å². The Hall–Kier alpha value is -1.69. The van der Waals surface area contributed by atoms with Gasteiger partial charge < -0.3 is 4.40 Å². The molecule has 0 saturated heterocycles. The van der Waals surface area contributed by atoms with Crippen molar-refractivity contribution >= 4 is 21.6 Å². The van der Waals surface area contributed by atoms with Gasteiger partial charge >= 0.3 is 0 Å². The molecule has 3 heterocycles. The van der Waals surface area contributed by atoms with Crippen LogP contribution in [0.5, 0.6) is 0 Å². The third-order valence-electron chi connectivity index (χ3n) is 2.70. The van der Waals surface area contributed by atoms with Crippen LogP contribution in [-0.4, -0.2) is 19.2 Å². The van der Waals surface area contributed by atoms with Crippen LogP contribution >= 0.6 is 15.9 Å². The molecule has 0 aromatic carbocycles. The average Bonchev–Trinajstić information content (AvgIpc) is 2.82. The van der Waals surface area contributed by atoms with Gasteiger partial charge in [0.05, 0.1) is 5.69 Å². The zero-order valence-electron chi connectivity index (χ0n) is 9.64. The van der Waals surface area contributed by atoms with E-state index in [2.05, 4.69) is 26.0 Å². The lowest BCUT2D eigenvalue weighted by Gasteiger charge is -1.91. The second kappa shape index (κ2) is 4.20. The second-order valence-electron chi connectivity index (χ2n) is 4.14. The average molecular weight is 309 g/mol. The lowest BCUT2D eigenvalue weighted by Crippen LogP contribution is -1.87. The summed E-state index contributed by atoms with van der Waals surface area (Å²) in [5.74, 6) is -0.276. The molecule has 4 nitrogen and oxygen atoms in total. The number of aryl methyl sites for hydroxylation is 1. The number of pyridine rings is 1. The maximum absolute atomic E-state index is 13.1. The summed E-state index contributed by atoms with van der Waals surface area (Å²) in [6.45, 7) is 0. The lowest BCUT2D eigenvalue weighted by molar-refractivity contribution is 0.626. The molecule has 0 atom stereocenters. The number of fused-ring (bicyclic) bond motifs is 1. The first-order valence-corrected chi connectivity index (χ1v) is 6.22. The van der Waals surface area contributed by atoms with E-state index in [1.165, 1.54) is 12.1 Å². The van der Waals surface area contributed by atoms with Gasteiger partial charge in [-0.25, -0.2) is 9.37 Å². The number of imidazole rings is 1. The summed E-state index contributed by atoms with van der Waals surface area (Å²) in [7, 11) is 1.87. The van der Waals surface area contributed by atoms with Gasteiger partial charge in [-0.15, -0.1) is 0 Å². The molecule has 3 aromatic heterocycles. The Morgan fingerprint density at radius 1 is 1.39 bits per heavy atom. The molecule has 0 amide bonds.